The number of benzene rings is 2. The predicted molar refractivity (Wildman–Crippen MR) is 78.3 cm³/mol. The highest BCUT2D eigenvalue weighted by molar-refractivity contribution is 6.15. The smallest absolute Gasteiger partial charge is 0.269 e. The van der Waals surface area contributed by atoms with Gasteiger partial charge in [-0.2, -0.15) is 0 Å². The third-order valence-electron chi connectivity index (χ3n) is 3.22. The number of aromatic nitrogens is 1. The summed E-state index contributed by atoms with van der Waals surface area (Å²) in [5, 5.41) is 11.5. The van der Waals surface area contributed by atoms with Crippen LogP contribution >= 0.6 is 0 Å². The molecular weight excluding hydrogens is 268 g/mol. The Bertz CT molecular complexity index is 836. The highest BCUT2D eigenvalue weighted by Gasteiger charge is 2.14. The van der Waals surface area contributed by atoms with Crippen LogP contribution in [0.4, 0.5) is 5.69 Å². The van der Waals surface area contributed by atoms with Crippen LogP contribution in [0.15, 0.2) is 60.8 Å². The second kappa shape index (κ2) is 5.13. The Balaban J connectivity index is 2.06. The highest BCUT2D eigenvalue weighted by atomic mass is 16.6. The minimum Gasteiger partial charge on any atom is -0.289 e. The summed E-state index contributed by atoms with van der Waals surface area (Å²) < 4.78 is 0. The summed E-state index contributed by atoms with van der Waals surface area (Å²) in [5.74, 6) is -0.200. The Morgan fingerprint density at radius 1 is 1.00 bits per heavy atom. The molecule has 3 rings (SSSR count). The monoisotopic (exact) mass is 278 g/mol. The van der Waals surface area contributed by atoms with Gasteiger partial charge in [0.2, 0.25) is 0 Å². The number of carbonyl (C=O) groups excluding carboxylic acids is 1. The zero-order valence-corrected chi connectivity index (χ0v) is 10.9. The fourth-order valence-electron chi connectivity index (χ4n) is 2.18. The van der Waals surface area contributed by atoms with E-state index in [4.69, 9.17) is 0 Å². The number of carbonyl (C=O) groups is 1. The maximum atomic E-state index is 12.5. The topological polar surface area (TPSA) is 73.1 Å². The lowest BCUT2D eigenvalue weighted by atomic mass is 10.0. The molecule has 0 saturated carbocycles. The van der Waals surface area contributed by atoms with E-state index in [1.165, 1.54) is 24.3 Å². The van der Waals surface area contributed by atoms with Gasteiger partial charge in [0.1, 0.15) is 0 Å². The molecule has 0 aliphatic heterocycles. The molecule has 0 radical (unpaired) electrons. The van der Waals surface area contributed by atoms with Gasteiger partial charge >= 0.3 is 0 Å². The van der Waals surface area contributed by atoms with Crippen molar-refractivity contribution in [1.29, 1.82) is 0 Å². The van der Waals surface area contributed by atoms with Crippen molar-refractivity contribution in [3.63, 3.8) is 0 Å². The lowest BCUT2D eigenvalue weighted by Crippen LogP contribution is -2.03. The molecule has 1 aromatic heterocycles. The van der Waals surface area contributed by atoms with E-state index in [-0.39, 0.29) is 11.5 Å². The summed E-state index contributed by atoms with van der Waals surface area (Å²) in [6.07, 6.45) is 1.63. The van der Waals surface area contributed by atoms with E-state index in [0.29, 0.717) is 16.6 Å². The molecule has 102 valence electrons. The molecule has 5 nitrogen and oxygen atoms in total. The van der Waals surface area contributed by atoms with E-state index >= 15 is 0 Å². The number of hydrogen-bond donors (Lipinski definition) is 0. The number of nitrogens with zero attached hydrogens (tertiary/aromatic N) is 2. The van der Waals surface area contributed by atoms with Crippen molar-refractivity contribution in [2.45, 2.75) is 0 Å². The Morgan fingerprint density at radius 2 is 1.71 bits per heavy atom. The second-order valence-electron chi connectivity index (χ2n) is 4.51. The van der Waals surface area contributed by atoms with Gasteiger partial charge < -0.3 is 0 Å². The molecule has 0 bridgehead atoms. The molecule has 0 aliphatic carbocycles. The molecule has 0 atom stereocenters. The average Bonchev–Trinajstić information content (AvgIpc) is 2.53. The first kappa shape index (κ1) is 12.9. The van der Waals surface area contributed by atoms with Crippen LogP contribution in [0.1, 0.15) is 15.9 Å². The van der Waals surface area contributed by atoms with Crippen LogP contribution in [0, 0.1) is 10.1 Å². The van der Waals surface area contributed by atoms with Gasteiger partial charge in [0.25, 0.3) is 5.69 Å². The van der Waals surface area contributed by atoms with E-state index in [1.54, 1.807) is 18.3 Å². The third kappa shape index (κ3) is 2.36. The molecule has 21 heavy (non-hydrogen) atoms. The van der Waals surface area contributed by atoms with Crippen LogP contribution in [-0.4, -0.2) is 15.7 Å². The minimum atomic E-state index is -0.492. The molecule has 0 N–H and O–H groups in total. The molecule has 0 fully saturated rings. The minimum absolute atomic E-state index is 0.0393. The number of nitro groups is 1. The summed E-state index contributed by atoms with van der Waals surface area (Å²) in [4.78, 5) is 26.9. The first-order valence-electron chi connectivity index (χ1n) is 6.30. The maximum Gasteiger partial charge on any atom is 0.269 e. The number of hydrogen-bond acceptors (Lipinski definition) is 4. The van der Waals surface area contributed by atoms with Gasteiger partial charge in [-0.15, -0.1) is 0 Å². The zero-order valence-electron chi connectivity index (χ0n) is 10.9. The molecule has 3 aromatic rings. The first-order chi connectivity index (χ1) is 10.2. The normalized spacial score (nSPS) is 10.5. The predicted octanol–water partition coefficient (Wildman–Crippen LogP) is 3.37. The largest absolute Gasteiger partial charge is 0.289 e. The van der Waals surface area contributed by atoms with Gasteiger partial charge in [0.05, 0.1) is 10.4 Å². The molecule has 0 spiro atoms. The quantitative estimate of drug-likeness (QED) is 0.418. The number of nitro benzene ring substituents is 1. The maximum absolute atomic E-state index is 12.5. The van der Waals surface area contributed by atoms with Gasteiger partial charge in [-0.25, -0.2) is 0 Å². The van der Waals surface area contributed by atoms with Gasteiger partial charge in [-0.1, -0.05) is 18.2 Å². The molecule has 1 heterocycles. The molecule has 2 aromatic carbocycles. The van der Waals surface area contributed by atoms with Gasteiger partial charge in [-0.05, 0) is 24.3 Å². The first-order valence-corrected chi connectivity index (χ1v) is 6.30. The highest BCUT2D eigenvalue weighted by Crippen LogP contribution is 2.20. The van der Waals surface area contributed by atoms with Crippen LogP contribution < -0.4 is 0 Å². The number of fused-ring (bicyclic) bond motifs is 1. The molecule has 5 heteroatoms. The van der Waals surface area contributed by atoms with Crippen molar-refractivity contribution < 1.29 is 9.72 Å². The SMILES string of the molecule is O=C(c1ccc([N+](=O)[O-])cc1)c1cccc2cccnc12. The number of pyridine rings is 1. The lowest BCUT2D eigenvalue weighted by molar-refractivity contribution is -0.384. The Hall–Kier alpha value is -3.08. The number of para-hydroxylation sites is 1. The lowest BCUT2D eigenvalue weighted by Gasteiger charge is -2.04. The van der Waals surface area contributed by atoms with E-state index in [0.717, 1.165) is 5.39 Å². The molecule has 0 unspecified atom stereocenters. The average molecular weight is 278 g/mol. The standard InChI is InChI=1S/C16H10N2O3/c19-16(12-6-8-13(9-7-12)18(20)21)14-5-1-3-11-4-2-10-17-15(11)14/h1-10H. The van der Waals surface area contributed by atoms with Crippen LogP contribution in [0.3, 0.4) is 0 Å². The fourth-order valence-corrected chi connectivity index (χ4v) is 2.18. The Kier molecular flexibility index (Phi) is 3.16. The number of non-ortho nitro benzene ring substituents is 1. The van der Waals surface area contributed by atoms with Crippen molar-refractivity contribution >= 4 is 22.4 Å². The van der Waals surface area contributed by atoms with Crippen molar-refractivity contribution in [2.24, 2.45) is 0 Å². The van der Waals surface area contributed by atoms with Gasteiger partial charge in [0.15, 0.2) is 5.78 Å². The molecule has 0 aliphatic rings. The summed E-state index contributed by atoms with van der Waals surface area (Å²) in [6, 6.07) is 14.6. The Morgan fingerprint density at radius 3 is 2.43 bits per heavy atom. The van der Waals surface area contributed by atoms with Crippen LogP contribution in [0.25, 0.3) is 10.9 Å². The summed E-state index contributed by atoms with van der Waals surface area (Å²) in [7, 11) is 0. The molecule has 0 amide bonds. The number of ketones is 1. The van der Waals surface area contributed by atoms with E-state index in [9.17, 15) is 14.9 Å². The summed E-state index contributed by atoms with van der Waals surface area (Å²) in [5.41, 5.74) is 1.48. The molecule has 0 saturated heterocycles. The van der Waals surface area contributed by atoms with Crippen LogP contribution in [0.5, 0.6) is 0 Å². The second-order valence-corrected chi connectivity index (χ2v) is 4.51. The van der Waals surface area contributed by atoms with Crippen molar-refractivity contribution in [3.05, 3.63) is 82.0 Å². The van der Waals surface area contributed by atoms with E-state index < -0.39 is 4.92 Å². The Labute approximate surface area is 120 Å². The van der Waals surface area contributed by atoms with Gasteiger partial charge in [0, 0.05) is 34.8 Å². The van der Waals surface area contributed by atoms with Crippen molar-refractivity contribution in [3.8, 4) is 0 Å². The zero-order chi connectivity index (χ0) is 14.8. The summed E-state index contributed by atoms with van der Waals surface area (Å²) >= 11 is 0. The number of rotatable bonds is 3. The molecular formula is C16H10N2O3. The van der Waals surface area contributed by atoms with E-state index in [1.807, 2.05) is 18.2 Å². The van der Waals surface area contributed by atoms with Gasteiger partial charge in [-0.3, -0.25) is 19.9 Å². The summed E-state index contributed by atoms with van der Waals surface area (Å²) in [6.45, 7) is 0. The van der Waals surface area contributed by atoms with Crippen molar-refractivity contribution in [1.82, 2.24) is 4.98 Å². The van der Waals surface area contributed by atoms with E-state index in [2.05, 4.69) is 4.98 Å². The fraction of sp³-hybridized carbons (Fsp3) is 0. The van der Waals surface area contributed by atoms with Crippen molar-refractivity contribution in [2.75, 3.05) is 0 Å². The third-order valence-corrected chi connectivity index (χ3v) is 3.22. The van der Waals surface area contributed by atoms with Crippen LogP contribution in [0.2, 0.25) is 0 Å². The van der Waals surface area contributed by atoms with Crippen LogP contribution in [-0.2, 0) is 0 Å².